The number of hydrogen-bond donors (Lipinski definition) is 1. The van der Waals surface area contributed by atoms with Crippen molar-refractivity contribution in [3.8, 4) is 5.75 Å². The molecule has 1 aliphatic heterocycles. The summed E-state index contributed by atoms with van der Waals surface area (Å²) in [6, 6.07) is 23.1. The summed E-state index contributed by atoms with van der Waals surface area (Å²) in [5.74, 6) is 0.734. The molecule has 1 fully saturated rings. The lowest BCUT2D eigenvalue weighted by Gasteiger charge is -2.32. The maximum atomic E-state index is 13.4. The molecule has 0 spiro atoms. The van der Waals surface area contributed by atoms with E-state index >= 15 is 0 Å². The summed E-state index contributed by atoms with van der Waals surface area (Å²) in [6.45, 7) is 3.79. The molecular formula is C26H27F3N2O. The highest BCUT2D eigenvalue weighted by Crippen LogP contribution is 2.35. The van der Waals surface area contributed by atoms with Gasteiger partial charge in [-0.1, -0.05) is 54.6 Å². The lowest BCUT2D eigenvalue weighted by molar-refractivity contribution is -0.137. The first-order valence-electron chi connectivity index (χ1n) is 10.9. The molecule has 6 heteroatoms. The number of benzene rings is 3. The Labute approximate surface area is 186 Å². The SMILES string of the molecule is FC(F)(F)c1cccc(C(c2ccc(OCc3ccccc3)cc2)N2CCCNCC2)c1. The number of nitrogens with one attached hydrogen (secondary N) is 1. The summed E-state index contributed by atoms with van der Waals surface area (Å²) in [7, 11) is 0. The Morgan fingerprint density at radius 2 is 1.62 bits per heavy atom. The van der Waals surface area contributed by atoms with Crippen LogP contribution in [0, 0.1) is 0 Å². The van der Waals surface area contributed by atoms with E-state index in [1.165, 1.54) is 12.1 Å². The minimum atomic E-state index is -4.37. The van der Waals surface area contributed by atoms with Crippen molar-refractivity contribution >= 4 is 0 Å². The fraction of sp³-hybridized carbons (Fsp3) is 0.308. The molecule has 168 valence electrons. The van der Waals surface area contributed by atoms with Gasteiger partial charge in [-0.05, 0) is 53.9 Å². The predicted octanol–water partition coefficient (Wildman–Crippen LogP) is 5.67. The molecule has 3 aromatic carbocycles. The largest absolute Gasteiger partial charge is 0.489 e. The summed E-state index contributed by atoms with van der Waals surface area (Å²) in [5.41, 5.74) is 2.07. The monoisotopic (exact) mass is 440 g/mol. The van der Waals surface area contributed by atoms with Crippen molar-refractivity contribution in [3.05, 3.63) is 101 Å². The van der Waals surface area contributed by atoms with E-state index in [0.29, 0.717) is 12.2 Å². The Morgan fingerprint density at radius 1 is 0.844 bits per heavy atom. The van der Waals surface area contributed by atoms with Crippen molar-refractivity contribution in [2.24, 2.45) is 0 Å². The van der Waals surface area contributed by atoms with E-state index in [9.17, 15) is 13.2 Å². The minimum absolute atomic E-state index is 0.250. The fourth-order valence-corrected chi connectivity index (χ4v) is 4.11. The van der Waals surface area contributed by atoms with Crippen LogP contribution in [0.25, 0.3) is 0 Å². The van der Waals surface area contributed by atoms with Crippen LogP contribution in [-0.4, -0.2) is 31.1 Å². The van der Waals surface area contributed by atoms with E-state index in [-0.39, 0.29) is 6.04 Å². The van der Waals surface area contributed by atoms with Crippen molar-refractivity contribution in [1.82, 2.24) is 10.2 Å². The molecule has 0 radical (unpaired) electrons. The molecule has 0 saturated carbocycles. The van der Waals surface area contributed by atoms with Crippen LogP contribution in [0.3, 0.4) is 0 Å². The second kappa shape index (κ2) is 10.2. The van der Waals surface area contributed by atoms with Crippen LogP contribution in [-0.2, 0) is 12.8 Å². The van der Waals surface area contributed by atoms with Gasteiger partial charge in [-0.15, -0.1) is 0 Å². The number of ether oxygens (including phenoxy) is 1. The van der Waals surface area contributed by atoms with Gasteiger partial charge in [-0.2, -0.15) is 13.2 Å². The minimum Gasteiger partial charge on any atom is -0.489 e. The van der Waals surface area contributed by atoms with Crippen molar-refractivity contribution in [2.45, 2.75) is 25.2 Å². The Bertz CT molecular complexity index is 982. The van der Waals surface area contributed by atoms with Gasteiger partial charge in [0.1, 0.15) is 12.4 Å². The molecule has 0 bridgehead atoms. The molecule has 1 N–H and O–H groups in total. The number of hydrogen-bond acceptors (Lipinski definition) is 3. The van der Waals surface area contributed by atoms with Gasteiger partial charge in [0, 0.05) is 19.6 Å². The van der Waals surface area contributed by atoms with Crippen molar-refractivity contribution in [3.63, 3.8) is 0 Å². The van der Waals surface area contributed by atoms with Crippen LogP contribution in [0.15, 0.2) is 78.9 Å². The van der Waals surface area contributed by atoms with Gasteiger partial charge in [-0.25, -0.2) is 0 Å². The highest BCUT2D eigenvalue weighted by molar-refractivity contribution is 5.38. The fourth-order valence-electron chi connectivity index (χ4n) is 4.11. The number of alkyl halides is 3. The zero-order valence-corrected chi connectivity index (χ0v) is 17.8. The Kier molecular flexibility index (Phi) is 7.12. The average Bonchev–Trinajstić information content (AvgIpc) is 3.09. The van der Waals surface area contributed by atoms with Gasteiger partial charge in [0.2, 0.25) is 0 Å². The first-order chi connectivity index (χ1) is 15.5. The third-order valence-corrected chi connectivity index (χ3v) is 5.71. The molecule has 3 nitrogen and oxygen atoms in total. The molecule has 0 aromatic heterocycles. The van der Waals surface area contributed by atoms with Crippen molar-refractivity contribution in [1.29, 1.82) is 0 Å². The third-order valence-electron chi connectivity index (χ3n) is 5.71. The number of rotatable bonds is 6. The van der Waals surface area contributed by atoms with Crippen LogP contribution >= 0.6 is 0 Å². The van der Waals surface area contributed by atoms with Crippen LogP contribution in [0.1, 0.15) is 34.7 Å². The van der Waals surface area contributed by atoms with Crippen LogP contribution < -0.4 is 10.1 Å². The van der Waals surface area contributed by atoms with E-state index in [1.807, 2.05) is 54.6 Å². The molecule has 1 atom stereocenters. The standard InChI is InChI=1S/C26H27F3N2O/c27-26(28,29)23-9-4-8-22(18-23)25(31-16-5-14-30-15-17-31)21-10-12-24(13-11-21)32-19-20-6-2-1-3-7-20/h1-4,6-13,18,25,30H,5,14-17,19H2. The maximum Gasteiger partial charge on any atom is 0.416 e. The molecule has 1 saturated heterocycles. The smallest absolute Gasteiger partial charge is 0.416 e. The number of nitrogens with zero attached hydrogens (tertiary/aromatic N) is 1. The van der Waals surface area contributed by atoms with E-state index in [2.05, 4.69) is 10.2 Å². The zero-order chi connectivity index (χ0) is 22.4. The van der Waals surface area contributed by atoms with E-state index < -0.39 is 11.7 Å². The molecule has 0 aliphatic carbocycles. The number of halogens is 3. The van der Waals surface area contributed by atoms with Gasteiger partial charge < -0.3 is 10.1 Å². The molecule has 32 heavy (non-hydrogen) atoms. The van der Waals surface area contributed by atoms with E-state index in [0.717, 1.165) is 55.5 Å². The predicted molar refractivity (Wildman–Crippen MR) is 120 cm³/mol. The molecule has 1 unspecified atom stereocenters. The van der Waals surface area contributed by atoms with Crippen molar-refractivity contribution < 1.29 is 17.9 Å². The van der Waals surface area contributed by atoms with E-state index in [1.54, 1.807) is 6.07 Å². The highest BCUT2D eigenvalue weighted by atomic mass is 19.4. The van der Waals surface area contributed by atoms with Gasteiger partial charge in [0.15, 0.2) is 0 Å². The second-order valence-electron chi connectivity index (χ2n) is 8.01. The van der Waals surface area contributed by atoms with Crippen LogP contribution in [0.2, 0.25) is 0 Å². The Balaban J connectivity index is 1.60. The maximum absolute atomic E-state index is 13.4. The highest BCUT2D eigenvalue weighted by Gasteiger charge is 2.32. The van der Waals surface area contributed by atoms with Crippen LogP contribution in [0.5, 0.6) is 5.75 Å². The summed E-state index contributed by atoms with van der Waals surface area (Å²) in [5, 5.41) is 3.37. The second-order valence-corrected chi connectivity index (χ2v) is 8.01. The first kappa shape index (κ1) is 22.4. The Morgan fingerprint density at radius 3 is 2.38 bits per heavy atom. The normalized spacial score (nSPS) is 16.3. The lowest BCUT2D eigenvalue weighted by Crippen LogP contribution is -2.33. The summed E-state index contributed by atoms with van der Waals surface area (Å²) in [6.07, 6.45) is -3.41. The zero-order valence-electron chi connectivity index (χ0n) is 17.8. The van der Waals surface area contributed by atoms with Crippen LogP contribution in [0.4, 0.5) is 13.2 Å². The average molecular weight is 441 g/mol. The molecule has 0 amide bonds. The van der Waals surface area contributed by atoms with Gasteiger partial charge in [0.25, 0.3) is 0 Å². The van der Waals surface area contributed by atoms with Gasteiger partial charge in [0.05, 0.1) is 11.6 Å². The molecule has 1 heterocycles. The van der Waals surface area contributed by atoms with Gasteiger partial charge in [-0.3, -0.25) is 4.90 Å². The molecule has 1 aliphatic rings. The molecule has 3 aromatic rings. The first-order valence-corrected chi connectivity index (χ1v) is 10.9. The summed E-state index contributed by atoms with van der Waals surface area (Å²) >= 11 is 0. The summed E-state index contributed by atoms with van der Waals surface area (Å²) < 4.78 is 46.0. The Hall–Kier alpha value is -2.83. The lowest BCUT2D eigenvalue weighted by atomic mass is 9.95. The van der Waals surface area contributed by atoms with E-state index in [4.69, 9.17) is 4.74 Å². The topological polar surface area (TPSA) is 24.5 Å². The van der Waals surface area contributed by atoms with Crippen molar-refractivity contribution in [2.75, 3.05) is 26.2 Å². The molecule has 4 rings (SSSR count). The third kappa shape index (κ3) is 5.69. The summed E-state index contributed by atoms with van der Waals surface area (Å²) in [4.78, 5) is 2.26. The quantitative estimate of drug-likeness (QED) is 0.535. The molecular weight excluding hydrogens is 413 g/mol. The van der Waals surface area contributed by atoms with Gasteiger partial charge >= 0.3 is 6.18 Å².